The zero-order chi connectivity index (χ0) is 19.3. The van der Waals surface area contributed by atoms with Crippen molar-refractivity contribution in [3.63, 3.8) is 0 Å². The Morgan fingerprint density at radius 1 is 0.556 bits per heavy atom. The maximum Gasteiger partial charge on any atom is 0.196 e. The molecule has 3 heteroatoms. The number of aliphatic imine (C=N–C) groups is 1. The molecule has 0 heterocycles. The molecular formula is C24H45N3. The topological polar surface area (TPSA) is 18.8 Å². The van der Waals surface area contributed by atoms with Crippen LogP contribution in [0, 0.1) is 17.8 Å². The van der Waals surface area contributed by atoms with Crippen LogP contribution in [-0.4, -0.2) is 49.5 Å². The lowest BCUT2D eigenvalue weighted by Crippen LogP contribution is -2.54. The third-order valence-corrected chi connectivity index (χ3v) is 7.87. The Morgan fingerprint density at radius 3 is 1.11 bits per heavy atom. The van der Waals surface area contributed by atoms with E-state index in [2.05, 4.69) is 38.0 Å². The molecule has 3 fully saturated rings. The van der Waals surface area contributed by atoms with E-state index in [0.717, 1.165) is 17.8 Å². The van der Waals surface area contributed by atoms with E-state index in [9.17, 15) is 0 Å². The van der Waals surface area contributed by atoms with Crippen LogP contribution in [0.3, 0.4) is 0 Å². The van der Waals surface area contributed by atoms with Crippen molar-refractivity contribution in [3.05, 3.63) is 0 Å². The first-order valence-electron chi connectivity index (χ1n) is 12.0. The summed E-state index contributed by atoms with van der Waals surface area (Å²) >= 11 is 0. The Morgan fingerprint density at radius 2 is 0.852 bits per heavy atom. The number of hydrogen-bond acceptors (Lipinski definition) is 1. The van der Waals surface area contributed by atoms with Crippen LogP contribution >= 0.6 is 0 Å². The molecule has 0 aromatic rings. The van der Waals surface area contributed by atoms with Gasteiger partial charge in [0.05, 0.1) is 5.54 Å². The summed E-state index contributed by atoms with van der Waals surface area (Å²) in [5, 5.41) is 0. The molecule has 0 spiro atoms. The van der Waals surface area contributed by atoms with Gasteiger partial charge in [-0.3, -0.25) is 0 Å². The molecule has 0 aromatic carbocycles. The lowest BCUT2D eigenvalue weighted by Gasteiger charge is -2.53. The molecule has 3 saturated carbocycles. The van der Waals surface area contributed by atoms with Gasteiger partial charge in [0.15, 0.2) is 5.96 Å². The van der Waals surface area contributed by atoms with Crippen LogP contribution in [0.4, 0.5) is 0 Å². The van der Waals surface area contributed by atoms with Crippen molar-refractivity contribution < 1.29 is 0 Å². The Bertz CT molecular complexity index is 408. The summed E-state index contributed by atoms with van der Waals surface area (Å²) in [6, 6.07) is 0. The van der Waals surface area contributed by atoms with Gasteiger partial charge in [0, 0.05) is 28.2 Å². The SMILES string of the molecule is CN(C)C(=NC(C1CCCCC1)(C1CCCCC1)C1CCCCC1)N(C)C. The first kappa shape index (κ1) is 21.0. The minimum absolute atomic E-state index is 0.200. The fourth-order valence-electron chi connectivity index (χ4n) is 6.74. The highest BCUT2D eigenvalue weighted by atomic mass is 15.3. The minimum Gasteiger partial charge on any atom is -0.349 e. The summed E-state index contributed by atoms with van der Waals surface area (Å²) in [6.45, 7) is 0. The van der Waals surface area contributed by atoms with Gasteiger partial charge in [0.2, 0.25) is 0 Å². The molecule has 3 rings (SSSR count). The summed E-state index contributed by atoms with van der Waals surface area (Å²) in [6.07, 6.45) is 21.4. The van der Waals surface area contributed by atoms with Crippen LogP contribution in [0.2, 0.25) is 0 Å². The molecule has 3 nitrogen and oxygen atoms in total. The number of guanidine groups is 1. The molecule has 0 atom stereocenters. The number of nitrogens with zero attached hydrogens (tertiary/aromatic N) is 3. The fraction of sp³-hybridized carbons (Fsp3) is 0.958. The second-order valence-electron chi connectivity index (χ2n) is 10.1. The number of rotatable bonds is 4. The first-order valence-corrected chi connectivity index (χ1v) is 12.0. The van der Waals surface area contributed by atoms with E-state index >= 15 is 0 Å². The van der Waals surface area contributed by atoms with Crippen LogP contribution in [0.15, 0.2) is 4.99 Å². The van der Waals surface area contributed by atoms with Crippen molar-refractivity contribution >= 4 is 5.96 Å². The standard InChI is InChI=1S/C24H45N3/c1-26(2)23(27(3)4)25-24(20-14-8-5-9-15-20,21-16-10-6-11-17-21)22-18-12-7-13-19-22/h20-22H,5-19H2,1-4H3. The molecule has 0 N–H and O–H groups in total. The zero-order valence-corrected chi connectivity index (χ0v) is 18.7. The molecule has 3 aliphatic rings. The molecular weight excluding hydrogens is 330 g/mol. The molecule has 156 valence electrons. The van der Waals surface area contributed by atoms with Gasteiger partial charge >= 0.3 is 0 Å². The maximum absolute atomic E-state index is 5.85. The predicted molar refractivity (Wildman–Crippen MR) is 117 cm³/mol. The third kappa shape index (κ3) is 4.65. The quantitative estimate of drug-likeness (QED) is 0.447. The van der Waals surface area contributed by atoms with Gasteiger partial charge in [-0.15, -0.1) is 0 Å². The summed E-state index contributed by atoms with van der Waals surface area (Å²) in [4.78, 5) is 10.4. The van der Waals surface area contributed by atoms with Gasteiger partial charge in [0.1, 0.15) is 0 Å². The highest BCUT2D eigenvalue weighted by molar-refractivity contribution is 5.79. The van der Waals surface area contributed by atoms with Gasteiger partial charge in [-0.1, -0.05) is 57.8 Å². The average molecular weight is 376 g/mol. The molecule has 0 unspecified atom stereocenters. The molecule has 0 aromatic heterocycles. The van der Waals surface area contributed by atoms with Crippen molar-refractivity contribution in [2.75, 3.05) is 28.2 Å². The summed E-state index contributed by atoms with van der Waals surface area (Å²) in [7, 11) is 8.75. The molecule has 0 saturated heterocycles. The second kappa shape index (κ2) is 9.65. The van der Waals surface area contributed by atoms with E-state index in [1.807, 2.05) is 0 Å². The molecule has 27 heavy (non-hydrogen) atoms. The Balaban J connectivity index is 2.08. The predicted octanol–water partition coefficient (Wildman–Crippen LogP) is 5.95. The Kier molecular flexibility index (Phi) is 7.50. The zero-order valence-electron chi connectivity index (χ0n) is 18.7. The molecule has 0 bridgehead atoms. The first-order chi connectivity index (χ1) is 13.1. The highest BCUT2D eigenvalue weighted by Crippen LogP contribution is 2.53. The van der Waals surface area contributed by atoms with Gasteiger partial charge < -0.3 is 9.80 Å². The largest absolute Gasteiger partial charge is 0.349 e. The second-order valence-corrected chi connectivity index (χ2v) is 10.1. The van der Waals surface area contributed by atoms with Crippen LogP contribution in [0.1, 0.15) is 96.3 Å². The van der Waals surface area contributed by atoms with Crippen LogP contribution in [0.25, 0.3) is 0 Å². The van der Waals surface area contributed by atoms with Gasteiger partial charge in [-0.05, 0) is 56.3 Å². The van der Waals surface area contributed by atoms with Crippen molar-refractivity contribution in [3.8, 4) is 0 Å². The minimum atomic E-state index is 0.200. The van der Waals surface area contributed by atoms with E-state index in [1.54, 1.807) is 0 Å². The highest BCUT2D eigenvalue weighted by Gasteiger charge is 2.51. The summed E-state index contributed by atoms with van der Waals surface area (Å²) < 4.78 is 0. The molecule has 0 aliphatic heterocycles. The Hall–Kier alpha value is -0.730. The smallest absolute Gasteiger partial charge is 0.196 e. The number of hydrogen-bond donors (Lipinski definition) is 0. The average Bonchev–Trinajstić information content (AvgIpc) is 2.70. The van der Waals surface area contributed by atoms with Crippen LogP contribution < -0.4 is 0 Å². The van der Waals surface area contributed by atoms with E-state index < -0.39 is 0 Å². The summed E-state index contributed by atoms with van der Waals surface area (Å²) in [5.74, 6) is 3.64. The van der Waals surface area contributed by atoms with E-state index in [1.165, 1.54) is 102 Å². The fourth-order valence-corrected chi connectivity index (χ4v) is 6.74. The molecule has 3 aliphatic carbocycles. The van der Waals surface area contributed by atoms with Crippen molar-refractivity contribution in [2.24, 2.45) is 22.7 Å². The third-order valence-electron chi connectivity index (χ3n) is 7.87. The van der Waals surface area contributed by atoms with Crippen molar-refractivity contribution in [1.82, 2.24) is 9.80 Å². The van der Waals surface area contributed by atoms with Gasteiger partial charge in [-0.25, -0.2) is 4.99 Å². The monoisotopic (exact) mass is 375 g/mol. The lowest BCUT2D eigenvalue weighted by atomic mass is 9.56. The summed E-state index contributed by atoms with van der Waals surface area (Å²) in [5.41, 5.74) is 0.200. The molecule has 0 amide bonds. The normalized spacial score (nSPS) is 23.9. The molecule has 0 radical (unpaired) electrons. The van der Waals surface area contributed by atoms with E-state index in [-0.39, 0.29) is 5.54 Å². The maximum atomic E-state index is 5.85. The van der Waals surface area contributed by atoms with Crippen molar-refractivity contribution in [1.29, 1.82) is 0 Å². The van der Waals surface area contributed by atoms with Crippen LogP contribution in [0.5, 0.6) is 0 Å². The van der Waals surface area contributed by atoms with E-state index in [0.29, 0.717) is 0 Å². The van der Waals surface area contributed by atoms with Crippen LogP contribution in [-0.2, 0) is 0 Å². The van der Waals surface area contributed by atoms with Gasteiger partial charge in [-0.2, -0.15) is 0 Å². The Labute approximate surface area is 169 Å². The van der Waals surface area contributed by atoms with E-state index in [4.69, 9.17) is 4.99 Å². The van der Waals surface area contributed by atoms with Crippen molar-refractivity contribution in [2.45, 2.75) is 102 Å². The van der Waals surface area contributed by atoms with Gasteiger partial charge in [0.25, 0.3) is 0 Å². The lowest BCUT2D eigenvalue weighted by molar-refractivity contribution is 0.0330.